The average Bonchev–Trinajstić information content (AvgIpc) is 3.41. The van der Waals surface area contributed by atoms with Gasteiger partial charge in [-0.3, -0.25) is 19.4 Å². The Balaban J connectivity index is 1.27. The fourth-order valence-corrected chi connectivity index (χ4v) is 7.11. The highest BCUT2D eigenvalue weighted by Crippen LogP contribution is 2.29. The Morgan fingerprint density at radius 2 is 1.61 bits per heavy atom. The van der Waals surface area contributed by atoms with E-state index in [0.29, 0.717) is 49.9 Å². The second kappa shape index (κ2) is 10.7. The Morgan fingerprint density at radius 3 is 2.21 bits per heavy atom. The van der Waals surface area contributed by atoms with Gasteiger partial charge in [0.05, 0.1) is 35.3 Å². The minimum absolute atomic E-state index is 0.0499. The standard InChI is InChI=1S/C23H33ClN4O4S/c24-20-7-3-4-8-21(20)25-22(29)15-26-10-12-27(13-11-26)16-23(30)28(18-5-1-2-6-18)19-9-14-33(31,32)17-19/h3-4,7-8,18-19H,1-2,5-6,9-17H2,(H,25,29). The van der Waals surface area contributed by atoms with E-state index in [0.717, 1.165) is 25.7 Å². The van der Waals surface area contributed by atoms with Crippen LogP contribution in [0.25, 0.3) is 0 Å². The van der Waals surface area contributed by atoms with Gasteiger partial charge in [0.15, 0.2) is 9.84 Å². The SMILES string of the molecule is O=C(CN1CCN(CC(=O)N(C2CCCC2)C2CCS(=O)(=O)C2)CC1)Nc1ccccc1Cl. The number of amides is 2. The minimum Gasteiger partial charge on any atom is -0.335 e. The normalized spacial score (nSPS) is 24.1. The lowest BCUT2D eigenvalue weighted by Gasteiger charge is -2.38. The molecule has 1 unspecified atom stereocenters. The first-order valence-corrected chi connectivity index (χ1v) is 14.0. The first kappa shape index (κ1) is 24.4. The number of halogens is 1. The van der Waals surface area contributed by atoms with E-state index in [1.165, 1.54) is 0 Å². The Morgan fingerprint density at radius 1 is 0.970 bits per heavy atom. The zero-order valence-corrected chi connectivity index (χ0v) is 20.5. The van der Waals surface area contributed by atoms with Gasteiger partial charge in [-0.15, -0.1) is 0 Å². The van der Waals surface area contributed by atoms with E-state index in [2.05, 4.69) is 15.1 Å². The number of sulfone groups is 1. The van der Waals surface area contributed by atoms with Crippen LogP contribution in [0.15, 0.2) is 24.3 Å². The lowest BCUT2D eigenvalue weighted by molar-refractivity contribution is -0.137. The fourth-order valence-electron chi connectivity index (χ4n) is 5.22. The van der Waals surface area contributed by atoms with Gasteiger partial charge in [-0.05, 0) is 31.4 Å². The fraction of sp³-hybridized carbons (Fsp3) is 0.652. The smallest absolute Gasteiger partial charge is 0.238 e. The summed E-state index contributed by atoms with van der Waals surface area (Å²) in [5.41, 5.74) is 0.606. The minimum atomic E-state index is -3.04. The first-order valence-electron chi connectivity index (χ1n) is 11.8. The number of hydrogen-bond donors (Lipinski definition) is 1. The van der Waals surface area contributed by atoms with Crippen LogP contribution in [0, 0.1) is 0 Å². The molecule has 33 heavy (non-hydrogen) atoms. The monoisotopic (exact) mass is 496 g/mol. The molecule has 1 atom stereocenters. The van der Waals surface area contributed by atoms with Crippen LogP contribution in [-0.4, -0.2) is 97.8 Å². The maximum absolute atomic E-state index is 13.3. The second-order valence-electron chi connectivity index (χ2n) is 9.38. The summed E-state index contributed by atoms with van der Waals surface area (Å²) in [4.78, 5) is 31.8. The van der Waals surface area contributed by atoms with E-state index < -0.39 is 9.84 Å². The quantitative estimate of drug-likeness (QED) is 0.619. The number of nitrogens with zero attached hydrogens (tertiary/aromatic N) is 3. The Labute approximate surface area is 201 Å². The zero-order valence-electron chi connectivity index (χ0n) is 18.9. The van der Waals surface area contributed by atoms with Crippen molar-refractivity contribution in [2.24, 2.45) is 0 Å². The van der Waals surface area contributed by atoms with Gasteiger partial charge in [0.2, 0.25) is 11.8 Å². The summed E-state index contributed by atoms with van der Waals surface area (Å²) in [7, 11) is -3.04. The van der Waals surface area contributed by atoms with Crippen molar-refractivity contribution in [3.8, 4) is 0 Å². The molecule has 1 N–H and O–H groups in total. The van der Waals surface area contributed by atoms with Gasteiger partial charge in [-0.2, -0.15) is 0 Å². The summed E-state index contributed by atoms with van der Waals surface area (Å²) in [5, 5.41) is 3.36. The number of nitrogens with one attached hydrogen (secondary N) is 1. The summed E-state index contributed by atoms with van der Waals surface area (Å²) in [6.07, 6.45) is 4.69. The topological polar surface area (TPSA) is 90.0 Å². The molecule has 8 nitrogen and oxygen atoms in total. The number of rotatable bonds is 7. The molecule has 1 aliphatic carbocycles. The molecule has 0 spiro atoms. The van der Waals surface area contributed by atoms with Crippen molar-refractivity contribution in [1.29, 1.82) is 0 Å². The zero-order chi connectivity index (χ0) is 23.4. The van der Waals surface area contributed by atoms with Crippen LogP contribution in [0.2, 0.25) is 5.02 Å². The maximum atomic E-state index is 13.3. The van der Waals surface area contributed by atoms with Gasteiger partial charge in [0, 0.05) is 38.3 Å². The van der Waals surface area contributed by atoms with Crippen molar-refractivity contribution in [3.63, 3.8) is 0 Å². The summed E-state index contributed by atoms with van der Waals surface area (Å²) < 4.78 is 24.1. The molecule has 1 aromatic rings. The molecule has 10 heteroatoms. The largest absolute Gasteiger partial charge is 0.335 e. The van der Waals surface area contributed by atoms with E-state index in [1.54, 1.807) is 12.1 Å². The predicted octanol–water partition coefficient (Wildman–Crippen LogP) is 1.85. The summed E-state index contributed by atoms with van der Waals surface area (Å²) in [6, 6.07) is 7.15. The molecular weight excluding hydrogens is 464 g/mol. The highest BCUT2D eigenvalue weighted by molar-refractivity contribution is 7.91. The number of para-hydroxylation sites is 1. The molecule has 3 fully saturated rings. The number of carbonyl (C=O) groups excluding carboxylic acids is 2. The van der Waals surface area contributed by atoms with Gasteiger partial charge in [-0.25, -0.2) is 8.42 Å². The average molecular weight is 497 g/mol. The van der Waals surface area contributed by atoms with E-state index >= 15 is 0 Å². The van der Waals surface area contributed by atoms with Crippen molar-refractivity contribution >= 4 is 38.9 Å². The number of piperazine rings is 1. The van der Waals surface area contributed by atoms with Crippen molar-refractivity contribution in [1.82, 2.24) is 14.7 Å². The van der Waals surface area contributed by atoms with Crippen LogP contribution >= 0.6 is 11.6 Å². The Kier molecular flexibility index (Phi) is 7.94. The number of anilines is 1. The highest BCUT2D eigenvalue weighted by atomic mass is 35.5. The van der Waals surface area contributed by atoms with Gasteiger partial charge in [0.25, 0.3) is 0 Å². The van der Waals surface area contributed by atoms with Crippen molar-refractivity contribution in [2.45, 2.75) is 44.2 Å². The van der Waals surface area contributed by atoms with Crippen molar-refractivity contribution in [3.05, 3.63) is 29.3 Å². The highest BCUT2D eigenvalue weighted by Gasteiger charge is 2.39. The molecule has 0 radical (unpaired) electrons. The lowest BCUT2D eigenvalue weighted by atomic mass is 10.1. The van der Waals surface area contributed by atoms with E-state index in [9.17, 15) is 18.0 Å². The Bertz CT molecular complexity index is 959. The van der Waals surface area contributed by atoms with Crippen LogP contribution in [0.3, 0.4) is 0 Å². The number of carbonyl (C=O) groups is 2. The molecule has 182 valence electrons. The summed E-state index contributed by atoms with van der Waals surface area (Å²) in [5.74, 6) is 0.225. The molecule has 2 amide bonds. The molecule has 2 aliphatic heterocycles. The van der Waals surface area contributed by atoms with Crippen LogP contribution in [0.5, 0.6) is 0 Å². The molecule has 3 aliphatic rings. The van der Waals surface area contributed by atoms with Gasteiger partial charge in [0.1, 0.15) is 0 Å². The van der Waals surface area contributed by atoms with Crippen LogP contribution in [-0.2, 0) is 19.4 Å². The third kappa shape index (κ3) is 6.47. The molecule has 1 saturated carbocycles. The van der Waals surface area contributed by atoms with E-state index in [1.807, 2.05) is 17.0 Å². The van der Waals surface area contributed by atoms with Crippen LogP contribution < -0.4 is 5.32 Å². The second-order valence-corrected chi connectivity index (χ2v) is 12.0. The van der Waals surface area contributed by atoms with Crippen LogP contribution in [0.4, 0.5) is 5.69 Å². The maximum Gasteiger partial charge on any atom is 0.238 e. The van der Waals surface area contributed by atoms with Gasteiger partial charge in [-0.1, -0.05) is 36.6 Å². The molecule has 4 rings (SSSR count). The Hall–Kier alpha value is -1.68. The van der Waals surface area contributed by atoms with Crippen molar-refractivity contribution < 1.29 is 18.0 Å². The van der Waals surface area contributed by atoms with Gasteiger partial charge >= 0.3 is 0 Å². The molecule has 0 bridgehead atoms. The molecule has 2 heterocycles. The lowest BCUT2D eigenvalue weighted by Crippen LogP contribution is -2.54. The molecule has 2 saturated heterocycles. The third-order valence-corrected chi connectivity index (χ3v) is 9.03. The number of benzene rings is 1. The molecular formula is C23H33ClN4O4S. The number of hydrogen-bond acceptors (Lipinski definition) is 6. The predicted molar refractivity (Wildman–Crippen MR) is 129 cm³/mol. The van der Waals surface area contributed by atoms with Crippen molar-refractivity contribution in [2.75, 3.05) is 56.1 Å². The summed E-state index contributed by atoms with van der Waals surface area (Å²) >= 11 is 6.11. The molecule has 0 aromatic heterocycles. The third-order valence-electron chi connectivity index (χ3n) is 6.95. The van der Waals surface area contributed by atoms with Gasteiger partial charge < -0.3 is 10.2 Å². The van der Waals surface area contributed by atoms with E-state index in [4.69, 9.17) is 11.6 Å². The first-order chi connectivity index (χ1) is 15.8. The van der Waals surface area contributed by atoms with Crippen LogP contribution in [0.1, 0.15) is 32.1 Å². The molecule has 1 aromatic carbocycles. The summed E-state index contributed by atoms with van der Waals surface area (Å²) in [6.45, 7) is 3.39. The van der Waals surface area contributed by atoms with E-state index in [-0.39, 0.29) is 41.9 Å².